The quantitative estimate of drug-likeness (QED) is 0.815. The monoisotopic (exact) mass is 352 g/mol. The molecule has 2 amide bonds. The minimum absolute atomic E-state index is 0.564. The van der Waals surface area contributed by atoms with Crippen molar-refractivity contribution in [1.82, 2.24) is 5.32 Å². The summed E-state index contributed by atoms with van der Waals surface area (Å²) in [7, 11) is 0. The van der Waals surface area contributed by atoms with Crippen LogP contribution in [0.1, 0.15) is 38.5 Å². The van der Waals surface area contributed by atoms with Crippen LogP contribution >= 0.6 is 15.9 Å². The van der Waals surface area contributed by atoms with E-state index in [2.05, 4.69) is 26.6 Å². The molecule has 0 heterocycles. The Balaban J connectivity index is 1.71. The number of nitrogens with one attached hydrogen (secondary N) is 2. The standard InChI is InChI=1S/C16H21BrN2O2/c17-13-7-4-8-14(11-13)19-16(21)15(20)18-10-9-12-5-2-1-3-6-12/h4,7-8,11-12H,1-3,5-6,9-10H2,(H,18,20)(H,19,21). The van der Waals surface area contributed by atoms with E-state index in [-0.39, 0.29) is 0 Å². The molecule has 0 unspecified atom stereocenters. The van der Waals surface area contributed by atoms with Crippen molar-refractivity contribution in [3.8, 4) is 0 Å². The summed E-state index contributed by atoms with van der Waals surface area (Å²) in [4.78, 5) is 23.5. The van der Waals surface area contributed by atoms with E-state index in [4.69, 9.17) is 0 Å². The lowest BCUT2D eigenvalue weighted by Gasteiger charge is -2.21. The van der Waals surface area contributed by atoms with E-state index in [1.165, 1.54) is 32.1 Å². The van der Waals surface area contributed by atoms with Crippen molar-refractivity contribution in [2.75, 3.05) is 11.9 Å². The summed E-state index contributed by atoms with van der Waals surface area (Å²) < 4.78 is 0.859. The third-order valence-corrected chi connectivity index (χ3v) is 4.34. The Morgan fingerprint density at radius 1 is 1.14 bits per heavy atom. The molecule has 4 nitrogen and oxygen atoms in total. The fraction of sp³-hybridized carbons (Fsp3) is 0.500. The fourth-order valence-electron chi connectivity index (χ4n) is 2.70. The first-order chi connectivity index (χ1) is 10.1. The first-order valence-electron chi connectivity index (χ1n) is 7.50. The number of hydrogen-bond acceptors (Lipinski definition) is 2. The van der Waals surface area contributed by atoms with Gasteiger partial charge in [0.15, 0.2) is 0 Å². The minimum atomic E-state index is -0.614. The summed E-state index contributed by atoms with van der Waals surface area (Å²) in [6.07, 6.45) is 7.39. The molecule has 114 valence electrons. The molecule has 1 aliphatic carbocycles. The van der Waals surface area contributed by atoms with Crippen LogP contribution in [0.4, 0.5) is 5.69 Å². The molecule has 1 saturated carbocycles. The Bertz CT molecular complexity index is 499. The van der Waals surface area contributed by atoms with Gasteiger partial charge in [-0.05, 0) is 30.5 Å². The van der Waals surface area contributed by atoms with Gasteiger partial charge in [-0.25, -0.2) is 0 Å². The maximum Gasteiger partial charge on any atom is 0.313 e. The van der Waals surface area contributed by atoms with Gasteiger partial charge in [-0.2, -0.15) is 0 Å². The van der Waals surface area contributed by atoms with Crippen molar-refractivity contribution in [3.05, 3.63) is 28.7 Å². The van der Waals surface area contributed by atoms with E-state index in [1.54, 1.807) is 18.2 Å². The van der Waals surface area contributed by atoms with Crippen LogP contribution in [0, 0.1) is 5.92 Å². The molecule has 0 aliphatic heterocycles. The second-order valence-corrected chi connectivity index (χ2v) is 6.43. The third kappa shape index (κ3) is 5.50. The summed E-state index contributed by atoms with van der Waals surface area (Å²) in [5.74, 6) is -0.477. The lowest BCUT2D eigenvalue weighted by atomic mass is 9.87. The zero-order valence-corrected chi connectivity index (χ0v) is 13.6. The summed E-state index contributed by atoms with van der Waals surface area (Å²) in [6.45, 7) is 0.579. The van der Waals surface area contributed by atoms with Crippen LogP contribution in [0.2, 0.25) is 0 Å². The maximum atomic E-state index is 11.8. The van der Waals surface area contributed by atoms with Gasteiger partial charge in [-0.3, -0.25) is 9.59 Å². The van der Waals surface area contributed by atoms with Crippen LogP contribution in [0.15, 0.2) is 28.7 Å². The lowest BCUT2D eigenvalue weighted by molar-refractivity contribution is -0.136. The van der Waals surface area contributed by atoms with Gasteiger partial charge >= 0.3 is 11.8 Å². The average molecular weight is 353 g/mol. The number of amides is 2. The highest BCUT2D eigenvalue weighted by Gasteiger charge is 2.16. The van der Waals surface area contributed by atoms with E-state index in [1.807, 2.05) is 6.07 Å². The van der Waals surface area contributed by atoms with Gasteiger partial charge in [0.25, 0.3) is 0 Å². The minimum Gasteiger partial charge on any atom is -0.348 e. The van der Waals surface area contributed by atoms with Gasteiger partial charge in [-0.1, -0.05) is 54.1 Å². The van der Waals surface area contributed by atoms with Gasteiger partial charge in [0.2, 0.25) is 0 Å². The maximum absolute atomic E-state index is 11.8. The second-order valence-electron chi connectivity index (χ2n) is 5.51. The Hall–Kier alpha value is -1.36. The van der Waals surface area contributed by atoms with Crippen LogP contribution in [-0.2, 0) is 9.59 Å². The van der Waals surface area contributed by atoms with Crippen LogP contribution in [0.3, 0.4) is 0 Å². The summed E-state index contributed by atoms with van der Waals surface area (Å²) in [5, 5.41) is 5.29. The van der Waals surface area contributed by atoms with Gasteiger partial charge < -0.3 is 10.6 Å². The van der Waals surface area contributed by atoms with E-state index >= 15 is 0 Å². The molecule has 21 heavy (non-hydrogen) atoms. The number of carbonyl (C=O) groups excluding carboxylic acids is 2. The predicted molar refractivity (Wildman–Crippen MR) is 87.0 cm³/mol. The molecule has 2 N–H and O–H groups in total. The van der Waals surface area contributed by atoms with Crippen LogP contribution in [0.25, 0.3) is 0 Å². The van der Waals surface area contributed by atoms with Crippen molar-refractivity contribution >= 4 is 33.4 Å². The highest BCUT2D eigenvalue weighted by molar-refractivity contribution is 9.10. The largest absolute Gasteiger partial charge is 0.348 e. The zero-order chi connectivity index (χ0) is 15.1. The van der Waals surface area contributed by atoms with Gasteiger partial charge in [0.05, 0.1) is 0 Å². The van der Waals surface area contributed by atoms with E-state index in [0.717, 1.165) is 10.9 Å². The molecule has 1 aromatic rings. The van der Waals surface area contributed by atoms with Crippen molar-refractivity contribution in [2.24, 2.45) is 5.92 Å². The molecule has 0 radical (unpaired) electrons. The van der Waals surface area contributed by atoms with E-state index < -0.39 is 11.8 Å². The molecule has 0 saturated heterocycles. The number of rotatable bonds is 4. The highest BCUT2D eigenvalue weighted by atomic mass is 79.9. The van der Waals surface area contributed by atoms with Crippen LogP contribution in [-0.4, -0.2) is 18.4 Å². The Morgan fingerprint density at radius 3 is 2.62 bits per heavy atom. The number of benzene rings is 1. The molecule has 5 heteroatoms. The van der Waals surface area contributed by atoms with Crippen molar-refractivity contribution in [1.29, 1.82) is 0 Å². The summed E-state index contributed by atoms with van der Waals surface area (Å²) in [6, 6.07) is 7.17. The Kier molecular flexibility index (Phi) is 6.23. The number of carbonyl (C=O) groups is 2. The number of halogens is 1. The lowest BCUT2D eigenvalue weighted by Crippen LogP contribution is -2.36. The topological polar surface area (TPSA) is 58.2 Å². The molecule has 2 rings (SSSR count). The molecule has 1 aliphatic rings. The number of hydrogen-bond donors (Lipinski definition) is 2. The zero-order valence-electron chi connectivity index (χ0n) is 12.0. The molecule has 1 aromatic carbocycles. The van der Waals surface area contributed by atoms with Gasteiger partial charge in [0.1, 0.15) is 0 Å². The van der Waals surface area contributed by atoms with Crippen molar-refractivity contribution in [3.63, 3.8) is 0 Å². The highest BCUT2D eigenvalue weighted by Crippen LogP contribution is 2.25. The van der Waals surface area contributed by atoms with Crippen LogP contribution in [0.5, 0.6) is 0 Å². The normalized spacial score (nSPS) is 15.5. The molecule has 0 atom stereocenters. The Labute approximate surface area is 133 Å². The summed E-state index contributed by atoms with van der Waals surface area (Å²) >= 11 is 3.32. The van der Waals surface area contributed by atoms with Gasteiger partial charge in [0, 0.05) is 16.7 Å². The molecule has 0 bridgehead atoms. The van der Waals surface area contributed by atoms with E-state index in [0.29, 0.717) is 18.2 Å². The number of anilines is 1. The SMILES string of the molecule is O=C(NCCC1CCCCC1)C(=O)Nc1cccc(Br)c1. The van der Waals surface area contributed by atoms with Crippen molar-refractivity contribution in [2.45, 2.75) is 38.5 Å². The molecule has 1 fully saturated rings. The first kappa shape index (κ1) is 16.0. The molecular weight excluding hydrogens is 332 g/mol. The average Bonchev–Trinajstić information content (AvgIpc) is 2.48. The van der Waals surface area contributed by atoms with Crippen molar-refractivity contribution < 1.29 is 9.59 Å². The molecule has 0 spiro atoms. The third-order valence-electron chi connectivity index (χ3n) is 3.85. The predicted octanol–water partition coefficient (Wildman–Crippen LogP) is 3.47. The van der Waals surface area contributed by atoms with Gasteiger partial charge in [-0.15, -0.1) is 0 Å². The molecule has 0 aromatic heterocycles. The second kappa shape index (κ2) is 8.17. The fourth-order valence-corrected chi connectivity index (χ4v) is 3.10. The Morgan fingerprint density at radius 2 is 1.90 bits per heavy atom. The van der Waals surface area contributed by atoms with E-state index in [9.17, 15) is 9.59 Å². The van der Waals surface area contributed by atoms with Crippen LogP contribution < -0.4 is 10.6 Å². The molecular formula is C16H21BrN2O2. The smallest absolute Gasteiger partial charge is 0.313 e. The summed E-state index contributed by atoms with van der Waals surface area (Å²) in [5.41, 5.74) is 0.608. The first-order valence-corrected chi connectivity index (χ1v) is 8.29.